The fourth-order valence-electron chi connectivity index (χ4n) is 2.59. The number of nitro groups is 1. The van der Waals surface area contributed by atoms with Gasteiger partial charge < -0.3 is 10.1 Å². The summed E-state index contributed by atoms with van der Waals surface area (Å²) in [6, 6.07) is 13.0. The molecule has 0 fully saturated rings. The van der Waals surface area contributed by atoms with Crippen LogP contribution in [0.4, 0.5) is 5.69 Å². The average molecular weight is 380 g/mol. The summed E-state index contributed by atoms with van der Waals surface area (Å²) in [6.07, 6.45) is 3.63. The molecule has 1 aromatic heterocycles. The lowest BCUT2D eigenvalue weighted by Gasteiger charge is -2.08. The number of hydrogen-bond donors (Lipinski definition) is 1. The van der Waals surface area contributed by atoms with Crippen molar-refractivity contribution >= 4 is 11.6 Å². The molecule has 3 aromatic rings. The topological polar surface area (TPSA) is 99.3 Å². The third kappa shape index (κ3) is 4.94. The van der Waals surface area contributed by atoms with Crippen molar-refractivity contribution in [2.24, 2.45) is 0 Å². The van der Waals surface area contributed by atoms with Crippen molar-refractivity contribution in [1.82, 2.24) is 15.1 Å². The van der Waals surface area contributed by atoms with E-state index in [0.717, 1.165) is 17.7 Å². The number of carbonyl (C=O) groups excluding carboxylic acids is 1. The first-order chi connectivity index (χ1) is 13.5. The van der Waals surface area contributed by atoms with Crippen LogP contribution in [0.15, 0.2) is 60.9 Å². The highest BCUT2D eigenvalue weighted by molar-refractivity contribution is 5.94. The molecule has 28 heavy (non-hydrogen) atoms. The van der Waals surface area contributed by atoms with Gasteiger partial charge in [0.15, 0.2) is 0 Å². The molecule has 1 amide bonds. The van der Waals surface area contributed by atoms with Crippen LogP contribution in [0.25, 0.3) is 0 Å². The van der Waals surface area contributed by atoms with Crippen molar-refractivity contribution < 1.29 is 14.5 Å². The van der Waals surface area contributed by atoms with Gasteiger partial charge in [0.25, 0.3) is 11.6 Å². The zero-order valence-electron chi connectivity index (χ0n) is 15.4. The SMILES string of the molecule is CCn1cc(CNC(=O)c2cccc(COc3ccc([N+](=O)[O-])cc3)c2)cn1. The molecular formula is C20H20N4O4. The molecule has 0 saturated heterocycles. The van der Waals surface area contributed by atoms with Crippen LogP contribution in [-0.2, 0) is 19.7 Å². The third-order valence-electron chi connectivity index (χ3n) is 4.11. The second-order valence-corrected chi connectivity index (χ2v) is 6.13. The highest BCUT2D eigenvalue weighted by Crippen LogP contribution is 2.18. The van der Waals surface area contributed by atoms with Gasteiger partial charge in [-0.05, 0) is 36.8 Å². The van der Waals surface area contributed by atoms with E-state index in [-0.39, 0.29) is 18.2 Å². The predicted molar refractivity (Wildman–Crippen MR) is 103 cm³/mol. The molecule has 1 N–H and O–H groups in total. The maximum Gasteiger partial charge on any atom is 0.269 e. The first kappa shape index (κ1) is 19.1. The van der Waals surface area contributed by atoms with Crippen LogP contribution in [-0.4, -0.2) is 20.6 Å². The smallest absolute Gasteiger partial charge is 0.269 e. The number of rotatable bonds is 8. The molecule has 0 saturated carbocycles. The summed E-state index contributed by atoms with van der Waals surface area (Å²) < 4.78 is 7.44. The highest BCUT2D eigenvalue weighted by Gasteiger charge is 2.08. The Labute approximate surface area is 161 Å². The Hall–Kier alpha value is -3.68. The molecule has 0 atom stereocenters. The van der Waals surface area contributed by atoms with Gasteiger partial charge >= 0.3 is 0 Å². The molecule has 0 bridgehead atoms. The van der Waals surface area contributed by atoms with E-state index in [4.69, 9.17) is 4.74 Å². The molecule has 0 aliphatic carbocycles. The number of aryl methyl sites for hydroxylation is 1. The van der Waals surface area contributed by atoms with Crippen LogP contribution in [0.3, 0.4) is 0 Å². The van der Waals surface area contributed by atoms with Gasteiger partial charge in [0.1, 0.15) is 12.4 Å². The second kappa shape index (κ2) is 8.81. The van der Waals surface area contributed by atoms with E-state index < -0.39 is 4.92 Å². The van der Waals surface area contributed by atoms with Crippen LogP contribution >= 0.6 is 0 Å². The zero-order valence-corrected chi connectivity index (χ0v) is 15.4. The van der Waals surface area contributed by atoms with Gasteiger partial charge in [-0.1, -0.05) is 12.1 Å². The third-order valence-corrected chi connectivity index (χ3v) is 4.11. The zero-order chi connectivity index (χ0) is 19.9. The van der Waals surface area contributed by atoms with Crippen molar-refractivity contribution in [1.29, 1.82) is 0 Å². The summed E-state index contributed by atoms with van der Waals surface area (Å²) in [7, 11) is 0. The number of carbonyl (C=O) groups is 1. The lowest BCUT2D eigenvalue weighted by Crippen LogP contribution is -2.22. The summed E-state index contributed by atoms with van der Waals surface area (Å²) in [5.41, 5.74) is 2.31. The lowest BCUT2D eigenvalue weighted by molar-refractivity contribution is -0.384. The Morgan fingerprint density at radius 3 is 2.68 bits per heavy atom. The Kier molecular flexibility index (Phi) is 6.01. The first-order valence-electron chi connectivity index (χ1n) is 8.81. The van der Waals surface area contributed by atoms with Gasteiger partial charge in [-0.3, -0.25) is 19.6 Å². The quantitative estimate of drug-likeness (QED) is 0.477. The van der Waals surface area contributed by atoms with Crippen LogP contribution in [0.5, 0.6) is 5.75 Å². The Bertz CT molecular complexity index is 966. The normalized spacial score (nSPS) is 10.5. The van der Waals surface area contributed by atoms with Gasteiger partial charge in [-0.2, -0.15) is 5.10 Å². The monoisotopic (exact) mass is 380 g/mol. The standard InChI is InChI=1S/C20H20N4O4/c1-2-23-13-16(12-22-23)11-21-20(25)17-5-3-4-15(10-17)14-28-19-8-6-18(7-9-19)24(26)27/h3-10,12-13H,2,11,14H2,1H3,(H,21,25). The van der Waals surface area contributed by atoms with E-state index >= 15 is 0 Å². The molecular weight excluding hydrogens is 360 g/mol. The van der Waals surface area contributed by atoms with Crippen molar-refractivity contribution in [3.63, 3.8) is 0 Å². The summed E-state index contributed by atoms with van der Waals surface area (Å²) >= 11 is 0. The first-order valence-corrected chi connectivity index (χ1v) is 8.81. The van der Waals surface area contributed by atoms with Gasteiger partial charge in [-0.15, -0.1) is 0 Å². The molecule has 144 valence electrons. The molecule has 0 radical (unpaired) electrons. The van der Waals surface area contributed by atoms with E-state index in [1.54, 1.807) is 41.2 Å². The predicted octanol–water partition coefficient (Wildman–Crippen LogP) is 3.32. The molecule has 3 rings (SSSR count). The van der Waals surface area contributed by atoms with Crippen molar-refractivity contribution in [3.8, 4) is 5.75 Å². The van der Waals surface area contributed by atoms with Gasteiger partial charge in [-0.25, -0.2) is 0 Å². The van der Waals surface area contributed by atoms with E-state index in [1.807, 2.05) is 19.2 Å². The fourth-order valence-corrected chi connectivity index (χ4v) is 2.59. The van der Waals surface area contributed by atoms with Gasteiger partial charge in [0.05, 0.1) is 11.1 Å². The Morgan fingerprint density at radius 2 is 2.00 bits per heavy atom. The maximum atomic E-state index is 12.4. The molecule has 8 nitrogen and oxygen atoms in total. The van der Waals surface area contributed by atoms with Crippen LogP contribution < -0.4 is 10.1 Å². The minimum Gasteiger partial charge on any atom is -0.489 e. The van der Waals surface area contributed by atoms with Gasteiger partial charge in [0.2, 0.25) is 0 Å². The molecule has 0 aliphatic rings. The average Bonchev–Trinajstić information content (AvgIpc) is 3.19. The molecule has 0 spiro atoms. The minimum atomic E-state index is -0.459. The maximum absolute atomic E-state index is 12.4. The number of amides is 1. The van der Waals surface area contributed by atoms with Crippen molar-refractivity contribution in [3.05, 3.63) is 87.7 Å². The van der Waals surface area contributed by atoms with Crippen molar-refractivity contribution in [2.75, 3.05) is 0 Å². The molecule has 8 heteroatoms. The van der Waals surface area contributed by atoms with Crippen LogP contribution in [0, 0.1) is 10.1 Å². The summed E-state index contributed by atoms with van der Waals surface area (Å²) in [6.45, 7) is 3.44. The highest BCUT2D eigenvalue weighted by atomic mass is 16.6. The second-order valence-electron chi connectivity index (χ2n) is 6.13. The summed E-state index contributed by atoms with van der Waals surface area (Å²) in [5, 5.41) is 17.7. The summed E-state index contributed by atoms with van der Waals surface area (Å²) in [5.74, 6) is 0.342. The van der Waals surface area contributed by atoms with Gasteiger partial charge in [0, 0.05) is 42.5 Å². The van der Waals surface area contributed by atoms with E-state index in [2.05, 4.69) is 10.4 Å². The van der Waals surface area contributed by atoms with E-state index in [1.165, 1.54) is 12.1 Å². The number of hydrogen-bond acceptors (Lipinski definition) is 5. The summed E-state index contributed by atoms with van der Waals surface area (Å²) in [4.78, 5) is 22.6. The van der Waals surface area contributed by atoms with E-state index in [0.29, 0.717) is 17.9 Å². The fraction of sp³-hybridized carbons (Fsp3) is 0.200. The number of nitrogens with one attached hydrogen (secondary N) is 1. The van der Waals surface area contributed by atoms with Crippen LogP contribution in [0.1, 0.15) is 28.4 Å². The minimum absolute atomic E-state index is 0.00972. The Morgan fingerprint density at radius 1 is 1.21 bits per heavy atom. The molecule has 1 heterocycles. The number of nitrogens with zero attached hydrogens (tertiary/aromatic N) is 3. The number of non-ortho nitro benzene ring substituents is 1. The van der Waals surface area contributed by atoms with E-state index in [9.17, 15) is 14.9 Å². The largest absolute Gasteiger partial charge is 0.489 e. The molecule has 0 aliphatic heterocycles. The lowest BCUT2D eigenvalue weighted by atomic mass is 10.1. The molecule has 0 unspecified atom stereocenters. The van der Waals surface area contributed by atoms with Crippen molar-refractivity contribution in [2.45, 2.75) is 26.6 Å². The number of ether oxygens (including phenoxy) is 1. The molecule has 2 aromatic carbocycles. The number of aromatic nitrogens is 2. The Balaban J connectivity index is 1.56. The number of nitro benzene ring substituents is 1. The number of benzene rings is 2. The van der Waals surface area contributed by atoms with Crippen LogP contribution in [0.2, 0.25) is 0 Å².